The van der Waals surface area contributed by atoms with Crippen molar-refractivity contribution in [1.82, 2.24) is 20.0 Å². The summed E-state index contributed by atoms with van der Waals surface area (Å²) in [6, 6.07) is 10.1. The Hall–Kier alpha value is -1.37. The lowest BCUT2D eigenvalue weighted by atomic mass is 10.1. The first kappa shape index (κ1) is 18.0. The van der Waals surface area contributed by atoms with Crippen LogP contribution >= 0.6 is 28.3 Å². The van der Waals surface area contributed by atoms with Gasteiger partial charge in [-0.2, -0.15) is 5.10 Å². The van der Waals surface area contributed by atoms with Gasteiger partial charge in [-0.1, -0.05) is 22.0 Å². The second kappa shape index (κ2) is 7.95. The summed E-state index contributed by atoms with van der Waals surface area (Å²) in [5.41, 5.74) is 1.44. The SMILES string of the molecule is CNC1CCN(C(=O)c2ccn(-c3cccc(Br)c3)n2)CC1.Cl. The number of carbonyl (C=O) groups excluding carboxylic acids is 1. The van der Waals surface area contributed by atoms with E-state index in [1.807, 2.05) is 42.4 Å². The Morgan fingerprint density at radius 2 is 2.04 bits per heavy atom. The first-order valence-electron chi connectivity index (χ1n) is 7.45. The van der Waals surface area contributed by atoms with Gasteiger partial charge in [-0.15, -0.1) is 12.4 Å². The van der Waals surface area contributed by atoms with Crippen LogP contribution in [-0.4, -0.2) is 46.8 Å². The van der Waals surface area contributed by atoms with Crippen molar-refractivity contribution in [2.45, 2.75) is 18.9 Å². The molecule has 2 heterocycles. The van der Waals surface area contributed by atoms with Crippen molar-refractivity contribution in [3.05, 3.63) is 46.7 Å². The van der Waals surface area contributed by atoms with E-state index in [0.29, 0.717) is 11.7 Å². The number of rotatable bonds is 3. The number of amides is 1. The normalized spacial score (nSPS) is 15.3. The summed E-state index contributed by atoms with van der Waals surface area (Å²) in [5.74, 6) is 0.0169. The molecule has 124 valence electrons. The molecule has 1 saturated heterocycles. The highest BCUT2D eigenvalue weighted by Crippen LogP contribution is 2.17. The van der Waals surface area contributed by atoms with E-state index in [-0.39, 0.29) is 18.3 Å². The number of nitrogens with one attached hydrogen (secondary N) is 1. The highest BCUT2D eigenvalue weighted by atomic mass is 79.9. The van der Waals surface area contributed by atoms with Crippen LogP contribution in [0, 0.1) is 0 Å². The van der Waals surface area contributed by atoms with Crippen LogP contribution in [0.1, 0.15) is 23.3 Å². The summed E-state index contributed by atoms with van der Waals surface area (Å²) in [4.78, 5) is 14.4. The van der Waals surface area contributed by atoms with Gasteiger partial charge < -0.3 is 10.2 Å². The van der Waals surface area contributed by atoms with Crippen LogP contribution in [-0.2, 0) is 0 Å². The number of aromatic nitrogens is 2. The van der Waals surface area contributed by atoms with Crippen molar-refractivity contribution in [3.63, 3.8) is 0 Å². The molecule has 7 heteroatoms. The molecule has 0 bridgehead atoms. The van der Waals surface area contributed by atoms with Crippen LogP contribution in [0.25, 0.3) is 5.69 Å². The van der Waals surface area contributed by atoms with Gasteiger partial charge in [0.2, 0.25) is 0 Å². The molecule has 0 atom stereocenters. The predicted molar refractivity (Wildman–Crippen MR) is 96.5 cm³/mol. The van der Waals surface area contributed by atoms with Gasteiger partial charge in [-0.25, -0.2) is 4.68 Å². The first-order valence-corrected chi connectivity index (χ1v) is 8.25. The van der Waals surface area contributed by atoms with E-state index < -0.39 is 0 Å². The number of likely N-dealkylation sites (tertiary alicyclic amines) is 1. The smallest absolute Gasteiger partial charge is 0.274 e. The van der Waals surface area contributed by atoms with Gasteiger partial charge in [0.1, 0.15) is 0 Å². The van der Waals surface area contributed by atoms with E-state index in [1.165, 1.54) is 0 Å². The Kier molecular flexibility index (Phi) is 6.21. The third kappa shape index (κ3) is 4.13. The largest absolute Gasteiger partial charge is 0.337 e. The number of hydrogen-bond acceptors (Lipinski definition) is 3. The maximum atomic E-state index is 12.5. The van der Waals surface area contributed by atoms with Gasteiger partial charge in [-0.3, -0.25) is 4.79 Å². The number of benzene rings is 1. The van der Waals surface area contributed by atoms with E-state index in [0.717, 1.165) is 36.1 Å². The Bertz CT molecular complexity index is 668. The van der Waals surface area contributed by atoms with Crippen LogP contribution in [0.5, 0.6) is 0 Å². The molecule has 5 nitrogen and oxygen atoms in total. The van der Waals surface area contributed by atoms with E-state index in [9.17, 15) is 4.79 Å². The van der Waals surface area contributed by atoms with Crippen molar-refractivity contribution in [2.24, 2.45) is 0 Å². The predicted octanol–water partition coefficient (Wildman–Crippen LogP) is 2.88. The molecule has 1 fully saturated rings. The second-order valence-electron chi connectivity index (χ2n) is 5.48. The average Bonchev–Trinajstić information content (AvgIpc) is 3.04. The fourth-order valence-electron chi connectivity index (χ4n) is 2.73. The molecule has 1 aliphatic rings. The maximum Gasteiger partial charge on any atom is 0.274 e. The quantitative estimate of drug-likeness (QED) is 0.863. The molecule has 23 heavy (non-hydrogen) atoms. The van der Waals surface area contributed by atoms with Crippen LogP contribution in [0.4, 0.5) is 0 Å². The fourth-order valence-corrected chi connectivity index (χ4v) is 3.12. The molecule has 1 N–H and O–H groups in total. The highest BCUT2D eigenvalue weighted by Gasteiger charge is 2.24. The Morgan fingerprint density at radius 3 is 2.70 bits per heavy atom. The standard InChI is InChI=1S/C16H19BrN4O.ClH/c1-18-13-5-8-20(9-6-13)16(22)15-7-10-21(19-15)14-4-2-3-12(17)11-14;/h2-4,7,10-11,13,18H,5-6,8-9H2,1H3;1H. The monoisotopic (exact) mass is 398 g/mol. The van der Waals surface area contributed by atoms with E-state index in [4.69, 9.17) is 0 Å². The number of piperidine rings is 1. The zero-order valence-corrected chi connectivity index (χ0v) is 15.3. The van der Waals surface area contributed by atoms with E-state index >= 15 is 0 Å². The van der Waals surface area contributed by atoms with Gasteiger partial charge in [0.15, 0.2) is 5.69 Å². The maximum absolute atomic E-state index is 12.5. The zero-order valence-electron chi connectivity index (χ0n) is 12.9. The lowest BCUT2D eigenvalue weighted by Gasteiger charge is -2.31. The minimum atomic E-state index is 0. The lowest BCUT2D eigenvalue weighted by Crippen LogP contribution is -2.44. The summed E-state index contributed by atoms with van der Waals surface area (Å²) >= 11 is 3.45. The summed E-state index contributed by atoms with van der Waals surface area (Å²) in [6.45, 7) is 1.57. The summed E-state index contributed by atoms with van der Waals surface area (Å²) in [6.07, 6.45) is 3.82. The number of nitrogens with zero attached hydrogens (tertiary/aromatic N) is 3. The molecular formula is C16H20BrClN4O. The second-order valence-corrected chi connectivity index (χ2v) is 6.40. The van der Waals surface area contributed by atoms with Crippen LogP contribution in [0.15, 0.2) is 41.0 Å². The molecular weight excluding hydrogens is 380 g/mol. The fraction of sp³-hybridized carbons (Fsp3) is 0.375. The van der Waals surface area contributed by atoms with Gasteiger partial charge in [0.05, 0.1) is 5.69 Å². The third-order valence-corrected chi connectivity index (χ3v) is 4.56. The minimum absolute atomic E-state index is 0. The highest BCUT2D eigenvalue weighted by molar-refractivity contribution is 9.10. The molecule has 0 saturated carbocycles. The molecule has 3 rings (SSSR count). The van der Waals surface area contributed by atoms with Crippen molar-refractivity contribution in [3.8, 4) is 5.69 Å². The molecule has 0 unspecified atom stereocenters. The summed E-state index contributed by atoms with van der Waals surface area (Å²) in [7, 11) is 1.97. The molecule has 2 aromatic rings. The molecule has 1 amide bonds. The summed E-state index contributed by atoms with van der Waals surface area (Å²) < 4.78 is 2.72. The number of carbonyl (C=O) groups is 1. The van der Waals surface area contributed by atoms with Crippen molar-refractivity contribution in [2.75, 3.05) is 20.1 Å². The van der Waals surface area contributed by atoms with Crippen LogP contribution < -0.4 is 5.32 Å². The van der Waals surface area contributed by atoms with Gasteiger partial charge in [0.25, 0.3) is 5.91 Å². The third-order valence-electron chi connectivity index (χ3n) is 4.07. The Labute approximate surface area is 150 Å². The number of halogens is 2. The van der Waals surface area contributed by atoms with Crippen molar-refractivity contribution >= 4 is 34.2 Å². The van der Waals surface area contributed by atoms with Gasteiger partial charge in [0, 0.05) is 29.8 Å². The molecule has 0 radical (unpaired) electrons. The average molecular weight is 400 g/mol. The zero-order chi connectivity index (χ0) is 15.5. The molecule has 0 spiro atoms. The van der Waals surface area contributed by atoms with Crippen molar-refractivity contribution in [1.29, 1.82) is 0 Å². The minimum Gasteiger partial charge on any atom is -0.337 e. The van der Waals surface area contributed by atoms with Gasteiger partial charge in [-0.05, 0) is 44.2 Å². The van der Waals surface area contributed by atoms with E-state index in [2.05, 4.69) is 26.3 Å². The molecule has 1 aromatic carbocycles. The first-order chi connectivity index (χ1) is 10.7. The summed E-state index contributed by atoms with van der Waals surface area (Å²) in [5, 5.41) is 7.70. The van der Waals surface area contributed by atoms with Crippen molar-refractivity contribution < 1.29 is 4.79 Å². The van der Waals surface area contributed by atoms with Crippen LogP contribution in [0.2, 0.25) is 0 Å². The lowest BCUT2D eigenvalue weighted by molar-refractivity contribution is 0.0701. The Balaban J connectivity index is 0.00000192. The Morgan fingerprint density at radius 1 is 1.30 bits per heavy atom. The number of hydrogen-bond donors (Lipinski definition) is 1. The molecule has 1 aromatic heterocycles. The topological polar surface area (TPSA) is 50.2 Å². The molecule has 0 aliphatic carbocycles. The molecule has 1 aliphatic heterocycles. The van der Waals surface area contributed by atoms with Gasteiger partial charge >= 0.3 is 0 Å². The van der Waals surface area contributed by atoms with E-state index in [1.54, 1.807) is 10.7 Å². The van der Waals surface area contributed by atoms with Crippen LogP contribution in [0.3, 0.4) is 0 Å².